The minimum absolute atomic E-state index is 0.0482. The highest BCUT2D eigenvalue weighted by Crippen LogP contribution is 2.20. The quantitative estimate of drug-likeness (QED) is 0.352. The second-order valence-corrected chi connectivity index (χ2v) is 8.19. The predicted octanol–water partition coefficient (Wildman–Crippen LogP) is 2.60. The van der Waals surface area contributed by atoms with Crippen LogP contribution in [-0.4, -0.2) is 55.5 Å². The molecule has 0 spiro atoms. The van der Waals surface area contributed by atoms with Crippen molar-refractivity contribution < 1.29 is 13.5 Å². The SMILES string of the molecule is CCN(CC)CCOc1ccc(-c2nnc3c(n2)c(=O)n(C)c(=O)n3Cc2ccc(F)c(F)c2)cc1. The fourth-order valence-corrected chi connectivity index (χ4v) is 3.78. The van der Waals surface area contributed by atoms with Crippen molar-refractivity contribution in [2.75, 3.05) is 26.2 Å². The summed E-state index contributed by atoms with van der Waals surface area (Å²) in [5, 5.41) is 8.21. The molecule has 0 aliphatic carbocycles. The smallest absolute Gasteiger partial charge is 0.332 e. The van der Waals surface area contributed by atoms with Crippen LogP contribution in [0, 0.1) is 11.6 Å². The minimum Gasteiger partial charge on any atom is -0.492 e. The average molecular weight is 497 g/mol. The Labute approximate surface area is 205 Å². The molecule has 0 amide bonds. The molecule has 36 heavy (non-hydrogen) atoms. The van der Waals surface area contributed by atoms with E-state index in [1.165, 1.54) is 13.1 Å². The third kappa shape index (κ3) is 5.15. The summed E-state index contributed by atoms with van der Waals surface area (Å²) in [4.78, 5) is 32.2. The monoisotopic (exact) mass is 496 g/mol. The predicted molar refractivity (Wildman–Crippen MR) is 131 cm³/mol. The third-order valence-electron chi connectivity index (χ3n) is 5.96. The van der Waals surface area contributed by atoms with Gasteiger partial charge in [-0.25, -0.2) is 18.6 Å². The van der Waals surface area contributed by atoms with Gasteiger partial charge >= 0.3 is 5.69 Å². The zero-order valence-corrected chi connectivity index (χ0v) is 20.2. The molecule has 0 N–H and O–H groups in total. The maximum absolute atomic E-state index is 13.7. The average Bonchev–Trinajstić information content (AvgIpc) is 2.90. The van der Waals surface area contributed by atoms with Crippen LogP contribution in [0.1, 0.15) is 19.4 Å². The standard InChI is InChI=1S/C25H26F2N6O3/c1-4-32(5-2)12-13-36-18-9-7-17(8-10-18)22-28-21-23(30-29-22)33(25(35)31(3)24(21)34)15-16-6-11-19(26)20(27)14-16/h6-11,14H,4-5,12-13,15H2,1-3H3. The molecule has 4 aromatic rings. The van der Waals surface area contributed by atoms with Gasteiger partial charge in [-0.1, -0.05) is 19.9 Å². The molecular formula is C25H26F2N6O3. The van der Waals surface area contributed by atoms with Crippen LogP contribution in [0.2, 0.25) is 0 Å². The minimum atomic E-state index is -1.04. The highest BCUT2D eigenvalue weighted by atomic mass is 19.2. The summed E-state index contributed by atoms with van der Waals surface area (Å²) in [7, 11) is 1.32. The molecule has 0 atom stereocenters. The van der Waals surface area contributed by atoms with Crippen molar-refractivity contribution in [1.29, 1.82) is 0 Å². The van der Waals surface area contributed by atoms with E-state index in [2.05, 4.69) is 33.9 Å². The van der Waals surface area contributed by atoms with Crippen LogP contribution in [-0.2, 0) is 13.6 Å². The van der Waals surface area contributed by atoms with Crippen molar-refractivity contribution in [3.63, 3.8) is 0 Å². The molecule has 0 saturated carbocycles. The van der Waals surface area contributed by atoms with Crippen LogP contribution in [0.3, 0.4) is 0 Å². The summed E-state index contributed by atoms with van der Waals surface area (Å²) in [6.45, 7) is 7.35. The topological polar surface area (TPSA) is 95.1 Å². The number of benzene rings is 2. The summed E-state index contributed by atoms with van der Waals surface area (Å²) in [5.74, 6) is -1.15. The van der Waals surface area contributed by atoms with E-state index in [4.69, 9.17) is 4.74 Å². The second-order valence-electron chi connectivity index (χ2n) is 8.19. The Kier molecular flexibility index (Phi) is 7.49. The van der Waals surface area contributed by atoms with E-state index in [-0.39, 0.29) is 23.5 Å². The molecule has 11 heteroatoms. The Balaban J connectivity index is 1.63. The molecule has 188 valence electrons. The highest BCUT2D eigenvalue weighted by molar-refractivity contribution is 5.71. The first-order valence-corrected chi connectivity index (χ1v) is 11.6. The summed E-state index contributed by atoms with van der Waals surface area (Å²) in [6, 6.07) is 10.4. The van der Waals surface area contributed by atoms with E-state index in [1.807, 2.05) is 0 Å². The van der Waals surface area contributed by atoms with Gasteiger partial charge in [-0.05, 0) is 55.1 Å². The molecule has 0 fully saturated rings. The van der Waals surface area contributed by atoms with E-state index in [0.717, 1.165) is 40.9 Å². The van der Waals surface area contributed by atoms with Gasteiger partial charge in [0, 0.05) is 19.2 Å². The molecule has 0 bridgehead atoms. The Morgan fingerprint density at radius 1 is 0.972 bits per heavy atom. The van der Waals surface area contributed by atoms with Gasteiger partial charge in [-0.15, -0.1) is 10.2 Å². The number of rotatable bonds is 9. The van der Waals surface area contributed by atoms with Gasteiger partial charge in [0.05, 0.1) is 6.54 Å². The number of hydrogen-bond acceptors (Lipinski definition) is 7. The first-order chi connectivity index (χ1) is 17.3. The van der Waals surface area contributed by atoms with Crippen molar-refractivity contribution in [3.05, 3.63) is 80.5 Å². The van der Waals surface area contributed by atoms with Gasteiger partial charge in [0.2, 0.25) is 0 Å². The first-order valence-electron chi connectivity index (χ1n) is 11.6. The lowest BCUT2D eigenvalue weighted by Gasteiger charge is -2.18. The van der Waals surface area contributed by atoms with Crippen LogP contribution >= 0.6 is 0 Å². The largest absolute Gasteiger partial charge is 0.492 e. The van der Waals surface area contributed by atoms with Gasteiger partial charge in [0.25, 0.3) is 5.56 Å². The Morgan fingerprint density at radius 2 is 1.69 bits per heavy atom. The molecule has 0 aliphatic heterocycles. The second kappa shape index (κ2) is 10.7. The van der Waals surface area contributed by atoms with Crippen molar-refractivity contribution in [2.45, 2.75) is 20.4 Å². The lowest BCUT2D eigenvalue weighted by Crippen LogP contribution is -2.39. The number of nitrogens with zero attached hydrogens (tertiary/aromatic N) is 6. The van der Waals surface area contributed by atoms with Crippen molar-refractivity contribution >= 4 is 11.2 Å². The fraction of sp³-hybridized carbons (Fsp3) is 0.320. The van der Waals surface area contributed by atoms with Crippen LogP contribution in [0.15, 0.2) is 52.1 Å². The van der Waals surface area contributed by atoms with Gasteiger partial charge in [0.15, 0.2) is 28.6 Å². The summed E-state index contributed by atoms with van der Waals surface area (Å²) >= 11 is 0. The van der Waals surface area contributed by atoms with Gasteiger partial charge in [-0.2, -0.15) is 0 Å². The van der Waals surface area contributed by atoms with Gasteiger partial charge < -0.3 is 9.64 Å². The maximum atomic E-state index is 13.7. The number of fused-ring (bicyclic) bond motifs is 1. The van der Waals surface area contributed by atoms with Crippen LogP contribution in [0.5, 0.6) is 5.75 Å². The van der Waals surface area contributed by atoms with Crippen LogP contribution in [0.25, 0.3) is 22.6 Å². The molecule has 2 aromatic heterocycles. The third-order valence-corrected chi connectivity index (χ3v) is 5.96. The van der Waals surface area contributed by atoms with E-state index in [0.29, 0.717) is 23.5 Å². The van der Waals surface area contributed by atoms with Crippen molar-refractivity contribution in [1.82, 2.24) is 29.2 Å². The summed E-state index contributed by atoms with van der Waals surface area (Å²) in [6.07, 6.45) is 0. The van der Waals surface area contributed by atoms with Crippen LogP contribution < -0.4 is 16.0 Å². The molecule has 0 radical (unpaired) electrons. The summed E-state index contributed by atoms with van der Waals surface area (Å²) in [5.41, 5.74) is -0.493. The molecule has 0 saturated heterocycles. The number of aromatic nitrogens is 5. The van der Waals surface area contributed by atoms with Crippen molar-refractivity contribution in [2.24, 2.45) is 7.05 Å². The molecule has 2 aromatic carbocycles. The maximum Gasteiger partial charge on any atom is 0.332 e. The number of hydrogen-bond donors (Lipinski definition) is 0. The first kappa shape index (κ1) is 25.1. The molecule has 4 rings (SSSR count). The Hall–Kier alpha value is -3.99. The van der Waals surface area contributed by atoms with Crippen LogP contribution in [0.4, 0.5) is 8.78 Å². The molecule has 2 heterocycles. The van der Waals surface area contributed by atoms with E-state index in [9.17, 15) is 18.4 Å². The van der Waals surface area contributed by atoms with E-state index >= 15 is 0 Å². The lowest BCUT2D eigenvalue weighted by atomic mass is 10.2. The number of ether oxygens (including phenoxy) is 1. The van der Waals surface area contributed by atoms with Gasteiger partial charge in [0.1, 0.15) is 12.4 Å². The Bertz CT molecular complexity index is 1500. The highest BCUT2D eigenvalue weighted by Gasteiger charge is 2.17. The van der Waals surface area contributed by atoms with Crippen molar-refractivity contribution in [3.8, 4) is 17.1 Å². The Morgan fingerprint density at radius 3 is 2.36 bits per heavy atom. The molecule has 9 nitrogen and oxygen atoms in total. The zero-order valence-electron chi connectivity index (χ0n) is 20.2. The van der Waals surface area contributed by atoms with E-state index < -0.39 is 22.9 Å². The number of halogens is 2. The number of likely N-dealkylation sites (N-methyl/N-ethyl adjacent to an activating group) is 1. The molecule has 0 unspecified atom stereocenters. The lowest BCUT2D eigenvalue weighted by molar-refractivity contribution is 0.223. The normalized spacial score (nSPS) is 11.4. The summed E-state index contributed by atoms with van der Waals surface area (Å²) < 4.78 is 34.8. The van der Waals surface area contributed by atoms with Gasteiger partial charge in [-0.3, -0.25) is 13.9 Å². The molecular weight excluding hydrogens is 470 g/mol. The molecule has 0 aliphatic rings. The van der Waals surface area contributed by atoms with E-state index in [1.54, 1.807) is 24.3 Å². The fourth-order valence-electron chi connectivity index (χ4n) is 3.78. The zero-order chi connectivity index (χ0) is 25.8.